The molecule has 6 nitrogen and oxygen atoms in total. The van der Waals surface area contributed by atoms with Crippen LogP contribution in [0.1, 0.15) is 43.4 Å². The van der Waals surface area contributed by atoms with E-state index in [1.807, 2.05) is 20.8 Å². The fourth-order valence-electron chi connectivity index (χ4n) is 2.71. The number of rotatable bonds is 4. The third-order valence-corrected chi connectivity index (χ3v) is 4.35. The fraction of sp³-hybridized carbons (Fsp3) is 0.643. The summed E-state index contributed by atoms with van der Waals surface area (Å²) < 4.78 is 0. The molecule has 1 aromatic rings. The van der Waals surface area contributed by atoms with Crippen molar-refractivity contribution in [1.29, 1.82) is 0 Å². The molecule has 2 heterocycles. The molecule has 0 aliphatic carbocycles. The predicted molar refractivity (Wildman–Crippen MR) is 73.4 cm³/mol. The number of aromatic amines is 1. The van der Waals surface area contributed by atoms with Gasteiger partial charge in [0.1, 0.15) is 5.69 Å². The highest BCUT2D eigenvalue weighted by Gasteiger charge is 2.48. The second kappa shape index (κ2) is 5.26. The Morgan fingerprint density at radius 3 is 2.70 bits per heavy atom. The second-order valence-electron chi connectivity index (χ2n) is 5.72. The van der Waals surface area contributed by atoms with E-state index in [0.717, 1.165) is 12.1 Å². The van der Waals surface area contributed by atoms with E-state index in [-0.39, 0.29) is 18.4 Å². The number of hydrogen-bond acceptors (Lipinski definition) is 3. The lowest BCUT2D eigenvalue weighted by Crippen LogP contribution is -2.40. The van der Waals surface area contributed by atoms with Crippen molar-refractivity contribution in [3.63, 3.8) is 0 Å². The summed E-state index contributed by atoms with van der Waals surface area (Å²) in [7, 11) is 0. The Morgan fingerprint density at radius 2 is 2.25 bits per heavy atom. The molecule has 1 aliphatic heterocycles. The number of nitrogens with one attached hydrogen (secondary N) is 1. The van der Waals surface area contributed by atoms with E-state index in [1.54, 1.807) is 11.0 Å². The number of carboxylic acids is 1. The lowest BCUT2D eigenvalue weighted by Gasteiger charge is -2.28. The van der Waals surface area contributed by atoms with Gasteiger partial charge in [0.05, 0.1) is 5.41 Å². The summed E-state index contributed by atoms with van der Waals surface area (Å²) >= 11 is 0. The van der Waals surface area contributed by atoms with E-state index in [1.165, 1.54) is 0 Å². The zero-order chi connectivity index (χ0) is 14.9. The molecule has 1 aliphatic rings. The van der Waals surface area contributed by atoms with Crippen molar-refractivity contribution in [2.45, 2.75) is 33.6 Å². The SMILES string of the molecule is CCc1cc(C(=O)N2CCC(C(=O)O)(C(C)C)C2)n[nH]1. The van der Waals surface area contributed by atoms with Crippen molar-refractivity contribution in [1.82, 2.24) is 15.1 Å². The van der Waals surface area contributed by atoms with Crippen LogP contribution in [0.15, 0.2) is 6.07 Å². The Balaban J connectivity index is 2.16. The zero-order valence-corrected chi connectivity index (χ0v) is 12.1. The van der Waals surface area contributed by atoms with Crippen LogP contribution in [-0.4, -0.2) is 45.2 Å². The molecule has 1 atom stereocenters. The second-order valence-corrected chi connectivity index (χ2v) is 5.72. The van der Waals surface area contributed by atoms with Crippen LogP contribution < -0.4 is 0 Å². The van der Waals surface area contributed by atoms with Crippen molar-refractivity contribution in [2.24, 2.45) is 11.3 Å². The lowest BCUT2D eigenvalue weighted by atomic mass is 9.76. The molecule has 1 unspecified atom stereocenters. The van der Waals surface area contributed by atoms with Crippen LogP contribution in [0.3, 0.4) is 0 Å². The molecule has 1 saturated heterocycles. The number of aliphatic carboxylic acids is 1. The van der Waals surface area contributed by atoms with Crippen LogP contribution in [0.2, 0.25) is 0 Å². The summed E-state index contributed by atoms with van der Waals surface area (Å²) in [6, 6.07) is 1.73. The van der Waals surface area contributed by atoms with Crippen LogP contribution in [-0.2, 0) is 11.2 Å². The van der Waals surface area contributed by atoms with Gasteiger partial charge in [0.15, 0.2) is 0 Å². The lowest BCUT2D eigenvalue weighted by molar-refractivity contribution is -0.150. The first kappa shape index (κ1) is 14.6. The van der Waals surface area contributed by atoms with Gasteiger partial charge < -0.3 is 10.0 Å². The highest BCUT2D eigenvalue weighted by atomic mass is 16.4. The largest absolute Gasteiger partial charge is 0.481 e. The van der Waals surface area contributed by atoms with Gasteiger partial charge in [0.2, 0.25) is 0 Å². The Bertz CT molecular complexity index is 523. The van der Waals surface area contributed by atoms with Gasteiger partial charge in [-0.15, -0.1) is 0 Å². The predicted octanol–water partition coefficient (Wildman–Crippen LogP) is 1.54. The van der Waals surface area contributed by atoms with E-state index in [0.29, 0.717) is 18.7 Å². The van der Waals surface area contributed by atoms with Gasteiger partial charge in [-0.3, -0.25) is 14.7 Å². The summed E-state index contributed by atoms with van der Waals surface area (Å²) in [5, 5.41) is 16.3. The van der Waals surface area contributed by atoms with Crippen LogP contribution in [0.5, 0.6) is 0 Å². The molecular formula is C14H21N3O3. The summed E-state index contributed by atoms with van der Waals surface area (Å²) in [6.07, 6.45) is 1.28. The monoisotopic (exact) mass is 279 g/mol. The molecule has 0 bridgehead atoms. The van der Waals surface area contributed by atoms with Crippen LogP contribution in [0, 0.1) is 11.3 Å². The molecule has 0 aromatic carbocycles. The number of aromatic nitrogens is 2. The minimum atomic E-state index is -0.834. The Kier molecular flexibility index (Phi) is 3.83. The third-order valence-electron chi connectivity index (χ3n) is 4.35. The minimum Gasteiger partial charge on any atom is -0.481 e. The number of carbonyl (C=O) groups excluding carboxylic acids is 1. The number of hydrogen-bond donors (Lipinski definition) is 2. The van der Waals surface area contributed by atoms with Gasteiger partial charge in [-0.1, -0.05) is 20.8 Å². The van der Waals surface area contributed by atoms with Gasteiger partial charge in [-0.25, -0.2) is 0 Å². The number of nitrogens with zero attached hydrogens (tertiary/aromatic N) is 2. The van der Waals surface area contributed by atoms with Crippen molar-refractivity contribution < 1.29 is 14.7 Å². The van der Waals surface area contributed by atoms with Gasteiger partial charge in [0, 0.05) is 18.8 Å². The third kappa shape index (κ3) is 2.30. The fourth-order valence-corrected chi connectivity index (χ4v) is 2.71. The molecule has 110 valence electrons. The van der Waals surface area contributed by atoms with Crippen molar-refractivity contribution in [3.8, 4) is 0 Å². The minimum absolute atomic E-state index is 0.0109. The molecule has 0 spiro atoms. The standard InChI is InChI=1S/C14H21N3O3/c1-4-10-7-11(16-15-10)12(18)17-6-5-14(8-17,9(2)3)13(19)20/h7,9H,4-6,8H2,1-3H3,(H,15,16)(H,19,20). The molecule has 0 radical (unpaired) electrons. The van der Waals surface area contributed by atoms with Crippen molar-refractivity contribution in [2.75, 3.05) is 13.1 Å². The topological polar surface area (TPSA) is 86.3 Å². The summed E-state index contributed by atoms with van der Waals surface area (Å²) in [5.74, 6) is -1.02. The van der Waals surface area contributed by atoms with Crippen molar-refractivity contribution >= 4 is 11.9 Å². The van der Waals surface area contributed by atoms with Crippen molar-refractivity contribution in [3.05, 3.63) is 17.5 Å². The van der Waals surface area contributed by atoms with E-state index in [9.17, 15) is 14.7 Å². The summed E-state index contributed by atoms with van der Waals surface area (Å²) in [6.45, 7) is 6.49. The Morgan fingerprint density at radius 1 is 1.55 bits per heavy atom. The number of carboxylic acid groups (broad SMARTS) is 1. The average Bonchev–Trinajstić information content (AvgIpc) is 3.05. The molecule has 2 N–H and O–H groups in total. The number of aryl methyl sites for hydroxylation is 1. The maximum atomic E-state index is 12.4. The van der Waals surface area contributed by atoms with E-state index in [2.05, 4.69) is 10.2 Å². The molecular weight excluding hydrogens is 258 g/mol. The summed E-state index contributed by atoms with van der Waals surface area (Å²) in [4.78, 5) is 25.5. The van der Waals surface area contributed by atoms with E-state index >= 15 is 0 Å². The average molecular weight is 279 g/mol. The number of likely N-dealkylation sites (tertiary alicyclic amines) is 1. The van der Waals surface area contributed by atoms with Gasteiger partial charge >= 0.3 is 5.97 Å². The summed E-state index contributed by atoms with van der Waals surface area (Å²) in [5.41, 5.74) is 0.437. The molecule has 0 saturated carbocycles. The Labute approximate surface area is 118 Å². The number of amides is 1. The Hall–Kier alpha value is -1.85. The quantitative estimate of drug-likeness (QED) is 0.875. The first-order valence-electron chi connectivity index (χ1n) is 6.97. The molecule has 1 amide bonds. The maximum Gasteiger partial charge on any atom is 0.311 e. The molecule has 1 aromatic heterocycles. The number of carbonyl (C=O) groups is 2. The van der Waals surface area contributed by atoms with Crippen LogP contribution in [0.25, 0.3) is 0 Å². The normalized spacial score (nSPS) is 22.5. The first-order valence-corrected chi connectivity index (χ1v) is 6.97. The highest BCUT2D eigenvalue weighted by molar-refractivity contribution is 5.93. The first-order chi connectivity index (χ1) is 9.40. The zero-order valence-electron chi connectivity index (χ0n) is 12.1. The maximum absolute atomic E-state index is 12.4. The van der Waals surface area contributed by atoms with Crippen LogP contribution in [0.4, 0.5) is 0 Å². The van der Waals surface area contributed by atoms with Gasteiger partial charge in [-0.05, 0) is 24.8 Å². The number of H-pyrrole nitrogens is 1. The van der Waals surface area contributed by atoms with Gasteiger partial charge in [-0.2, -0.15) is 5.10 Å². The van der Waals surface area contributed by atoms with E-state index < -0.39 is 11.4 Å². The smallest absolute Gasteiger partial charge is 0.311 e. The van der Waals surface area contributed by atoms with Crippen LogP contribution >= 0.6 is 0 Å². The highest BCUT2D eigenvalue weighted by Crippen LogP contribution is 2.38. The molecule has 1 fully saturated rings. The molecule has 6 heteroatoms. The van der Waals surface area contributed by atoms with E-state index in [4.69, 9.17) is 0 Å². The van der Waals surface area contributed by atoms with Gasteiger partial charge in [0.25, 0.3) is 5.91 Å². The molecule has 2 rings (SSSR count). The molecule has 20 heavy (non-hydrogen) atoms.